The number of benzene rings is 2. The van der Waals surface area contributed by atoms with Crippen molar-refractivity contribution in [2.75, 3.05) is 0 Å². The molecule has 2 heteroatoms. The molecule has 2 aromatic rings. The molecular weight excluding hydrogens is 278 g/mol. The van der Waals surface area contributed by atoms with Crippen molar-refractivity contribution < 1.29 is 0 Å². The third-order valence-corrected chi connectivity index (χ3v) is 4.11. The Morgan fingerprint density at radius 1 is 1.05 bits per heavy atom. The first-order valence-electron chi connectivity index (χ1n) is 7.61. The minimum Gasteiger partial charge on any atom is -0.308 e. The number of hydrogen-bond donors (Lipinski definition) is 1. The first kappa shape index (κ1) is 16.1. The molecule has 0 fully saturated rings. The Balaban J connectivity index is 1.83. The van der Waals surface area contributed by atoms with Crippen LogP contribution < -0.4 is 5.32 Å². The van der Waals surface area contributed by atoms with Crippen LogP contribution in [-0.4, -0.2) is 6.04 Å². The van der Waals surface area contributed by atoms with E-state index in [1.807, 2.05) is 12.1 Å². The maximum Gasteiger partial charge on any atom is 0.0406 e. The van der Waals surface area contributed by atoms with Gasteiger partial charge in [-0.15, -0.1) is 0 Å². The minimum atomic E-state index is 0.342. The molecule has 21 heavy (non-hydrogen) atoms. The summed E-state index contributed by atoms with van der Waals surface area (Å²) in [5.74, 6) is 0. The van der Waals surface area contributed by atoms with Gasteiger partial charge in [0.25, 0.3) is 0 Å². The molecule has 2 rings (SSSR count). The maximum absolute atomic E-state index is 5.93. The van der Waals surface area contributed by atoms with E-state index in [0.29, 0.717) is 12.1 Å². The molecule has 0 aliphatic carbocycles. The molecule has 0 aliphatic heterocycles. The summed E-state index contributed by atoms with van der Waals surface area (Å²) in [7, 11) is 0. The predicted octanol–water partition coefficient (Wildman–Crippen LogP) is 5.32. The van der Waals surface area contributed by atoms with Gasteiger partial charge in [0.15, 0.2) is 0 Å². The highest BCUT2D eigenvalue weighted by atomic mass is 35.5. The standard InChI is InChI=1S/C19H24ClN/c1-14-5-4-6-17(13-14)8-7-15(2)21-16(3)18-9-11-19(20)12-10-18/h4-6,9-13,15-16,21H,7-8H2,1-3H3. The lowest BCUT2D eigenvalue weighted by atomic mass is 10.0. The third kappa shape index (κ3) is 5.18. The average Bonchev–Trinajstić information content (AvgIpc) is 2.46. The fourth-order valence-electron chi connectivity index (χ4n) is 2.61. The van der Waals surface area contributed by atoms with Crippen LogP contribution in [0.4, 0.5) is 0 Å². The Labute approximate surface area is 133 Å². The maximum atomic E-state index is 5.93. The molecule has 0 spiro atoms. The van der Waals surface area contributed by atoms with E-state index in [-0.39, 0.29) is 0 Å². The van der Waals surface area contributed by atoms with Crippen molar-refractivity contribution in [3.05, 3.63) is 70.2 Å². The van der Waals surface area contributed by atoms with Crippen molar-refractivity contribution in [2.24, 2.45) is 0 Å². The lowest BCUT2D eigenvalue weighted by Crippen LogP contribution is -2.29. The summed E-state index contributed by atoms with van der Waals surface area (Å²) < 4.78 is 0. The van der Waals surface area contributed by atoms with Gasteiger partial charge in [-0.2, -0.15) is 0 Å². The third-order valence-electron chi connectivity index (χ3n) is 3.85. The van der Waals surface area contributed by atoms with Crippen LogP contribution in [0.2, 0.25) is 5.02 Å². The molecule has 0 saturated carbocycles. The molecule has 2 atom stereocenters. The topological polar surface area (TPSA) is 12.0 Å². The van der Waals surface area contributed by atoms with E-state index >= 15 is 0 Å². The Bertz CT molecular complexity index is 562. The molecular formula is C19H24ClN. The van der Waals surface area contributed by atoms with Crippen LogP contribution in [0.1, 0.15) is 43.0 Å². The van der Waals surface area contributed by atoms with Crippen molar-refractivity contribution in [3.8, 4) is 0 Å². The van der Waals surface area contributed by atoms with Gasteiger partial charge in [0.1, 0.15) is 0 Å². The SMILES string of the molecule is Cc1cccc(CCC(C)NC(C)c2ccc(Cl)cc2)c1. The van der Waals surface area contributed by atoms with Crippen molar-refractivity contribution in [3.63, 3.8) is 0 Å². The van der Waals surface area contributed by atoms with Gasteiger partial charge in [-0.25, -0.2) is 0 Å². The molecule has 0 bridgehead atoms. The van der Waals surface area contributed by atoms with Gasteiger partial charge < -0.3 is 5.32 Å². The number of aryl methyl sites for hydroxylation is 2. The summed E-state index contributed by atoms with van der Waals surface area (Å²) in [6.07, 6.45) is 2.25. The summed E-state index contributed by atoms with van der Waals surface area (Å²) in [6, 6.07) is 17.7. The van der Waals surface area contributed by atoms with Crippen molar-refractivity contribution in [2.45, 2.75) is 45.7 Å². The molecule has 2 aromatic carbocycles. The van der Waals surface area contributed by atoms with Crippen LogP contribution in [0, 0.1) is 6.92 Å². The average molecular weight is 302 g/mol. The highest BCUT2D eigenvalue weighted by Crippen LogP contribution is 2.17. The molecule has 112 valence electrons. The molecule has 0 radical (unpaired) electrons. The normalized spacial score (nSPS) is 13.9. The molecule has 0 saturated heterocycles. The Morgan fingerprint density at radius 2 is 1.76 bits per heavy atom. The first-order chi connectivity index (χ1) is 10.0. The van der Waals surface area contributed by atoms with Gasteiger partial charge in [0, 0.05) is 17.1 Å². The van der Waals surface area contributed by atoms with Gasteiger partial charge in [0.2, 0.25) is 0 Å². The second kappa shape index (κ2) is 7.63. The largest absolute Gasteiger partial charge is 0.308 e. The van der Waals surface area contributed by atoms with Gasteiger partial charge >= 0.3 is 0 Å². The fourth-order valence-corrected chi connectivity index (χ4v) is 2.73. The summed E-state index contributed by atoms with van der Waals surface area (Å²) in [4.78, 5) is 0. The van der Waals surface area contributed by atoms with Crippen LogP contribution in [-0.2, 0) is 6.42 Å². The van der Waals surface area contributed by atoms with E-state index in [1.165, 1.54) is 16.7 Å². The Morgan fingerprint density at radius 3 is 2.43 bits per heavy atom. The van der Waals surface area contributed by atoms with E-state index in [4.69, 9.17) is 11.6 Å². The second-order valence-electron chi connectivity index (χ2n) is 5.87. The van der Waals surface area contributed by atoms with E-state index in [2.05, 4.69) is 62.5 Å². The first-order valence-corrected chi connectivity index (χ1v) is 7.99. The fraction of sp³-hybridized carbons (Fsp3) is 0.368. The minimum absolute atomic E-state index is 0.342. The number of nitrogens with one attached hydrogen (secondary N) is 1. The molecule has 0 heterocycles. The highest BCUT2D eigenvalue weighted by molar-refractivity contribution is 6.30. The summed E-state index contributed by atoms with van der Waals surface area (Å²) >= 11 is 5.93. The smallest absolute Gasteiger partial charge is 0.0406 e. The van der Waals surface area contributed by atoms with E-state index in [1.54, 1.807) is 0 Å². The number of halogens is 1. The lowest BCUT2D eigenvalue weighted by Gasteiger charge is -2.20. The van der Waals surface area contributed by atoms with Gasteiger partial charge in [0.05, 0.1) is 0 Å². The number of rotatable bonds is 6. The van der Waals surface area contributed by atoms with Gasteiger partial charge in [-0.1, -0.05) is 53.6 Å². The Kier molecular flexibility index (Phi) is 5.84. The quantitative estimate of drug-likeness (QED) is 0.761. The molecule has 2 unspecified atom stereocenters. The lowest BCUT2D eigenvalue weighted by molar-refractivity contribution is 0.456. The highest BCUT2D eigenvalue weighted by Gasteiger charge is 2.09. The van der Waals surface area contributed by atoms with Crippen molar-refractivity contribution in [1.29, 1.82) is 0 Å². The van der Waals surface area contributed by atoms with E-state index < -0.39 is 0 Å². The van der Waals surface area contributed by atoms with Crippen LogP contribution >= 0.6 is 11.6 Å². The molecule has 0 aliphatic rings. The zero-order valence-corrected chi connectivity index (χ0v) is 13.8. The molecule has 1 N–H and O–H groups in total. The van der Waals surface area contributed by atoms with E-state index in [0.717, 1.165) is 17.9 Å². The van der Waals surface area contributed by atoms with Crippen molar-refractivity contribution >= 4 is 11.6 Å². The molecule has 1 nitrogen and oxygen atoms in total. The zero-order valence-electron chi connectivity index (χ0n) is 13.1. The van der Waals surface area contributed by atoms with Crippen LogP contribution in [0.15, 0.2) is 48.5 Å². The zero-order chi connectivity index (χ0) is 15.2. The molecule has 0 aromatic heterocycles. The van der Waals surface area contributed by atoms with E-state index in [9.17, 15) is 0 Å². The van der Waals surface area contributed by atoms with Crippen LogP contribution in [0.3, 0.4) is 0 Å². The Hall–Kier alpha value is -1.31. The summed E-state index contributed by atoms with van der Waals surface area (Å²) in [6.45, 7) is 6.60. The predicted molar refractivity (Wildman–Crippen MR) is 92.0 cm³/mol. The number of hydrogen-bond acceptors (Lipinski definition) is 1. The summed E-state index contributed by atoms with van der Waals surface area (Å²) in [5.41, 5.74) is 4.03. The van der Waals surface area contributed by atoms with Gasteiger partial charge in [-0.05, 0) is 56.9 Å². The summed E-state index contributed by atoms with van der Waals surface area (Å²) in [5, 5.41) is 4.45. The van der Waals surface area contributed by atoms with Gasteiger partial charge in [-0.3, -0.25) is 0 Å². The van der Waals surface area contributed by atoms with Crippen LogP contribution in [0.5, 0.6) is 0 Å². The monoisotopic (exact) mass is 301 g/mol. The second-order valence-corrected chi connectivity index (χ2v) is 6.31. The van der Waals surface area contributed by atoms with Crippen molar-refractivity contribution in [1.82, 2.24) is 5.32 Å². The molecule has 0 amide bonds. The van der Waals surface area contributed by atoms with Crippen LogP contribution in [0.25, 0.3) is 0 Å².